The number of halogens is 3. The molecule has 0 aliphatic rings. The monoisotopic (exact) mass is 467 g/mol. The van der Waals surface area contributed by atoms with Crippen molar-refractivity contribution < 1.29 is 18.3 Å². The van der Waals surface area contributed by atoms with E-state index in [-0.39, 0.29) is 11.7 Å². The molecule has 0 spiro atoms. The first kappa shape index (κ1) is 20.0. The summed E-state index contributed by atoms with van der Waals surface area (Å²) in [6, 6.07) is 25.3. The molecular formula is C24H16BrF2NO2. The van der Waals surface area contributed by atoms with Crippen LogP contribution < -0.4 is 10.1 Å². The highest BCUT2D eigenvalue weighted by Gasteiger charge is 2.14. The van der Waals surface area contributed by atoms with E-state index in [4.69, 9.17) is 0 Å². The minimum absolute atomic E-state index is 0.0338. The van der Waals surface area contributed by atoms with Gasteiger partial charge in [-0.2, -0.15) is 8.78 Å². The lowest BCUT2D eigenvalue weighted by Crippen LogP contribution is -2.13. The van der Waals surface area contributed by atoms with Crippen LogP contribution in [0.2, 0.25) is 0 Å². The van der Waals surface area contributed by atoms with Crippen LogP contribution in [-0.2, 0) is 0 Å². The van der Waals surface area contributed by atoms with Gasteiger partial charge in [-0.15, -0.1) is 0 Å². The Balaban J connectivity index is 1.68. The largest absolute Gasteiger partial charge is 0.435 e. The summed E-state index contributed by atoms with van der Waals surface area (Å²) < 4.78 is 30.3. The Labute approximate surface area is 180 Å². The van der Waals surface area contributed by atoms with Gasteiger partial charge in [0.15, 0.2) is 0 Å². The van der Waals surface area contributed by atoms with Gasteiger partial charge >= 0.3 is 6.61 Å². The van der Waals surface area contributed by atoms with Crippen molar-refractivity contribution in [2.45, 2.75) is 6.61 Å². The van der Waals surface area contributed by atoms with E-state index in [9.17, 15) is 13.6 Å². The minimum Gasteiger partial charge on any atom is -0.435 e. The van der Waals surface area contributed by atoms with E-state index in [1.165, 1.54) is 12.1 Å². The number of carbonyl (C=O) groups is 1. The lowest BCUT2D eigenvalue weighted by atomic mass is 10.0. The molecule has 0 fully saturated rings. The third kappa shape index (κ3) is 4.33. The first-order chi connectivity index (χ1) is 14.5. The molecule has 3 nitrogen and oxygen atoms in total. The van der Waals surface area contributed by atoms with E-state index < -0.39 is 6.61 Å². The second-order valence-corrected chi connectivity index (χ2v) is 7.44. The predicted octanol–water partition coefficient (Wildman–Crippen LogP) is 7.12. The number of hydrogen-bond donors (Lipinski definition) is 1. The predicted molar refractivity (Wildman–Crippen MR) is 118 cm³/mol. The van der Waals surface area contributed by atoms with Crippen LogP contribution in [0.1, 0.15) is 10.4 Å². The number of carbonyl (C=O) groups excluding carboxylic acids is 1. The lowest BCUT2D eigenvalue weighted by Gasteiger charge is -2.12. The Morgan fingerprint density at radius 2 is 1.67 bits per heavy atom. The molecule has 0 unspecified atom stereocenters. The van der Waals surface area contributed by atoms with Gasteiger partial charge in [-0.3, -0.25) is 4.79 Å². The third-order valence-corrected chi connectivity index (χ3v) is 5.34. The lowest BCUT2D eigenvalue weighted by molar-refractivity contribution is -0.0497. The van der Waals surface area contributed by atoms with Gasteiger partial charge in [0, 0.05) is 15.5 Å². The van der Waals surface area contributed by atoms with Crippen molar-refractivity contribution in [3.05, 3.63) is 95.0 Å². The van der Waals surface area contributed by atoms with Gasteiger partial charge in [-0.25, -0.2) is 0 Å². The average molecular weight is 468 g/mol. The second kappa shape index (κ2) is 8.63. The van der Waals surface area contributed by atoms with Crippen LogP contribution >= 0.6 is 15.9 Å². The topological polar surface area (TPSA) is 38.3 Å². The fourth-order valence-electron chi connectivity index (χ4n) is 3.24. The smallest absolute Gasteiger partial charge is 0.387 e. The Morgan fingerprint density at radius 3 is 2.43 bits per heavy atom. The molecule has 30 heavy (non-hydrogen) atoms. The van der Waals surface area contributed by atoms with E-state index in [1.807, 2.05) is 54.6 Å². The number of ether oxygens (including phenoxy) is 1. The van der Waals surface area contributed by atoms with Gasteiger partial charge in [0.25, 0.3) is 5.91 Å². The number of benzene rings is 4. The molecule has 0 atom stereocenters. The van der Waals surface area contributed by atoms with Crippen LogP contribution in [0, 0.1) is 0 Å². The average Bonchev–Trinajstić information content (AvgIpc) is 2.74. The van der Waals surface area contributed by atoms with Gasteiger partial charge in [-0.1, -0.05) is 54.6 Å². The maximum absolute atomic E-state index is 13.0. The zero-order chi connectivity index (χ0) is 21.1. The third-order valence-electron chi connectivity index (χ3n) is 4.65. The zero-order valence-electron chi connectivity index (χ0n) is 15.6. The van der Waals surface area contributed by atoms with Gasteiger partial charge in [0.2, 0.25) is 0 Å². The summed E-state index contributed by atoms with van der Waals surface area (Å²) >= 11 is 3.44. The molecule has 0 saturated carbocycles. The number of rotatable bonds is 5. The van der Waals surface area contributed by atoms with Crippen molar-refractivity contribution in [2.75, 3.05) is 5.32 Å². The highest BCUT2D eigenvalue weighted by molar-refractivity contribution is 9.10. The summed E-state index contributed by atoms with van der Waals surface area (Å²) in [7, 11) is 0. The van der Waals surface area contributed by atoms with Crippen LogP contribution in [-0.4, -0.2) is 12.5 Å². The number of anilines is 1. The normalized spacial score (nSPS) is 10.9. The highest BCUT2D eigenvalue weighted by atomic mass is 79.9. The summed E-state index contributed by atoms with van der Waals surface area (Å²) in [4.78, 5) is 13.0. The molecule has 4 aromatic rings. The molecule has 0 saturated heterocycles. The molecule has 150 valence electrons. The van der Waals surface area contributed by atoms with Crippen LogP contribution in [0.25, 0.3) is 21.9 Å². The maximum atomic E-state index is 13.0. The molecular weight excluding hydrogens is 452 g/mol. The standard InChI is InChI=1S/C24H16BrF2NO2/c25-21-12-10-17(15-5-2-1-3-6-15)13-20(21)23(29)28-22-8-4-7-16-9-11-18(14-19(16)22)30-24(26)27/h1-14,24H,(H,28,29). The van der Waals surface area contributed by atoms with Crippen LogP contribution in [0.4, 0.5) is 14.5 Å². The number of alkyl halides is 2. The maximum Gasteiger partial charge on any atom is 0.387 e. The molecule has 0 aliphatic carbocycles. The summed E-state index contributed by atoms with van der Waals surface area (Å²) in [6.45, 7) is -2.92. The van der Waals surface area contributed by atoms with Crippen molar-refractivity contribution in [3.8, 4) is 16.9 Å². The number of nitrogens with one attached hydrogen (secondary N) is 1. The van der Waals surface area contributed by atoms with Crippen LogP contribution in [0.15, 0.2) is 89.4 Å². The molecule has 1 N–H and O–H groups in total. The van der Waals surface area contributed by atoms with E-state index in [0.717, 1.165) is 16.5 Å². The van der Waals surface area contributed by atoms with Gasteiger partial charge in [-0.05, 0) is 62.8 Å². The Hall–Kier alpha value is -3.25. The van der Waals surface area contributed by atoms with Crippen molar-refractivity contribution in [3.63, 3.8) is 0 Å². The molecule has 0 bridgehead atoms. The summed E-state index contributed by atoms with van der Waals surface area (Å²) in [5.41, 5.74) is 2.88. The number of amides is 1. The molecule has 0 radical (unpaired) electrons. The molecule has 0 heterocycles. The summed E-state index contributed by atoms with van der Waals surface area (Å²) in [5, 5.41) is 4.30. The highest BCUT2D eigenvalue weighted by Crippen LogP contribution is 2.30. The van der Waals surface area contributed by atoms with Crippen LogP contribution in [0.5, 0.6) is 5.75 Å². The van der Waals surface area contributed by atoms with E-state index in [2.05, 4.69) is 26.0 Å². The van der Waals surface area contributed by atoms with Gasteiger partial charge in [0.1, 0.15) is 5.75 Å². The first-order valence-electron chi connectivity index (χ1n) is 9.15. The Bertz CT molecular complexity index is 1210. The molecule has 0 aliphatic heterocycles. The van der Waals surface area contributed by atoms with E-state index in [1.54, 1.807) is 18.2 Å². The van der Waals surface area contributed by atoms with E-state index in [0.29, 0.717) is 21.1 Å². The van der Waals surface area contributed by atoms with Crippen molar-refractivity contribution in [1.82, 2.24) is 0 Å². The first-order valence-corrected chi connectivity index (χ1v) is 9.94. The fourth-order valence-corrected chi connectivity index (χ4v) is 3.66. The number of hydrogen-bond acceptors (Lipinski definition) is 2. The zero-order valence-corrected chi connectivity index (χ0v) is 17.2. The van der Waals surface area contributed by atoms with Gasteiger partial charge in [0.05, 0.1) is 5.56 Å². The Morgan fingerprint density at radius 1 is 0.867 bits per heavy atom. The SMILES string of the molecule is O=C(Nc1cccc2ccc(OC(F)F)cc12)c1cc(-c2ccccc2)ccc1Br. The van der Waals surface area contributed by atoms with Crippen molar-refractivity contribution >= 4 is 38.3 Å². The summed E-state index contributed by atoms with van der Waals surface area (Å²) in [5.74, 6) is -0.279. The molecule has 4 aromatic carbocycles. The molecule has 4 rings (SSSR count). The van der Waals surface area contributed by atoms with Gasteiger partial charge < -0.3 is 10.1 Å². The van der Waals surface area contributed by atoms with Crippen molar-refractivity contribution in [1.29, 1.82) is 0 Å². The fraction of sp³-hybridized carbons (Fsp3) is 0.0417. The molecule has 0 aromatic heterocycles. The van der Waals surface area contributed by atoms with E-state index >= 15 is 0 Å². The summed E-state index contributed by atoms with van der Waals surface area (Å²) in [6.07, 6.45) is 0. The van der Waals surface area contributed by atoms with Crippen molar-refractivity contribution in [2.24, 2.45) is 0 Å². The molecule has 1 amide bonds. The van der Waals surface area contributed by atoms with Crippen LogP contribution in [0.3, 0.4) is 0 Å². The second-order valence-electron chi connectivity index (χ2n) is 6.58. The number of fused-ring (bicyclic) bond motifs is 1. The Kier molecular flexibility index (Phi) is 5.77. The molecule has 6 heteroatoms. The minimum atomic E-state index is -2.92. The quantitative estimate of drug-likeness (QED) is 0.339.